The van der Waals surface area contributed by atoms with Crippen molar-refractivity contribution in [2.75, 3.05) is 0 Å². The van der Waals surface area contributed by atoms with E-state index in [1.54, 1.807) is 0 Å². The highest BCUT2D eigenvalue weighted by Crippen LogP contribution is 2.44. The molecule has 4 nitrogen and oxygen atoms in total. The van der Waals surface area contributed by atoms with Gasteiger partial charge in [0, 0.05) is 67.8 Å². The van der Waals surface area contributed by atoms with Gasteiger partial charge in [0.1, 0.15) is 11.2 Å². The van der Waals surface area contributed by atoms with E-state index in [4.69, 9.17) is 29.1 Å². The second kappa shape index (κ2) is 12.8. The molecule has 0 aliphatic heterocycles. The Morgan fingerprint density at radius 2 is 0.895 bits per heavy atom. The number of nitrogens with zero attached hydrogens (tertiary/aromatic N) is 3. The molecule has 0 radical (unpaired) electrons. The van der Waals surface area contributed by atoms with Crippen LogP contribution in [0.1, 0.15) is 39.8 Å². The van der Waals surface area contributed by atoms with Gasteiger partial charge in [-0.25, -0.2) is 15.0 Å². The normalized spacial score (nSPS) is 19.0. The number of thiophene rings is 2. The van der Waals surface area contributed by atoms with E-state index in [1.165, 1.54) is 0 Å². The van der Waals surface area contributed by atoms with Crippen LogP contribution >= 0.6 is 22.7 Å². The van der Waals surface area contributed by atoms with Gasteiger partial charge < -0.3 is 4.42 Å². The lowest BCUT2D eigenvalue weighted by molar-refractivity contribution is 0.669. The van der Waals surface area contributed by atoms with Crippen molar-refractivity contribution in [1.29, 1.82) is 0 Å². The smallest absolute Gasteiger partial charge is 0.164 e. The molecule has 0 unspecified atom stereocenters. The summed E-state index contributed by atoms with van der Waals surface area (Å²) in [6.07, 6.45) is 0. The molecule has 57 heavy (non-hydrogen) atoms. The molecule has 0 saturated heterocycles. The molecule has 8 aromatic carbocycles. The molecule has 0 spiro atoms. The molecular weight excluding hydrogens is 735 g/mol. The number of furan rings is 1. The summed E-state index contributed by atoms with van der Waals surface area (Å²) in [6, 6.07) is -22.7. The van der Waals surface area contributed by atoms with Crippen LogP contribution in [0, 0.1) is 0 Å². The van der Waals surface area contributed by atoms with Gasteiger partial charge in [0.15, 0.2) is 17.5 Å². The first-order valence-electron chi connectivity index (χ1n) is 31.1. The highest BCUT2D eigenvalue weighted by molar-refractivity contribution is 7.26. The average molecular weight is 793 g/mol. The van der Waals surface area contributed by atoms with E-state index in [0.717, 1.165) is 0 Å². The summed E-state index contributed by atoms with van der Waals surface area (Å²) < 4.78 is 265. The maximum Gasteiger partial charge on any atom is 0.164 e. The van der Waals surface area contributed by atoms with Gasteiger partial charge in [-0.15, -0.1) is 22.7 Å². The van der Waals surface area contributed by atoms with E-state index in [-0.39, 0.29) is 40.3 Å². The van der Waals surface area contributed by atoms with Gasteiger partial charge in [-0.05, 0) is 70.6 Å². The number of benzene rings is 8. The third kappa shape index (κ3) is 5.37. The van der Waals surface area contributed by atoms with Crippen LogP contribution in [0.3, 0.4) is 0 Å². The third-order valence-electron chi connectivity index (χ3n) is 8.77. The molecule has 0 aliphatic rings. The molecule has 12 rings (SSSR count). The monoisotopic (exact) mass is 792 g/mol. The molecule has 12 aromatic rings. The largest absolute Gasteiger partial charge is 0.456 e. The van der Waals surface area contributed by atoms with Crippen molar-refractivity contribution in [3.8, 4) is 56.4 Å². The fourth-order valence-electron chi connectivity index (χ4n) is 6.28. The maximum absolute atomic E-state index is 10.1. The predicted octanol–water partition coefficient (Wildman–Crippen LogP) is 14.8. The minimum absolute atomic E-state index is 0.0796. The molecule has 266 valence electrons. The van der Waals surface area contributed by atoms with E-state index in [2.05, 4.69) is 15.0 Å². The van der Waals surface area contributed by atoms with Crippen molar-refractivity contribution in [2.24, 2.45) is 0 Å². The minimum Gasteiger partial charge on any atom is -0.456 e. The molecule has 0 saturated carbocycles. The number of aromatic nitrogens is 3. The molecule has 0 N–H and O–H groups in total. The Morgan fingerprint density at radius 1 is 0.351 bits per heavy atom. The number of fused-ring (bicyclic) bond motifs is 9. The molecule has 0 bridgehead atoms. The highest BCUT2D eigenvalue weighted by atomic mass is 32.1. The van der Waals surface area contributed by atoms with Crippen LogP contribution in [0.25, 0.3) is 119 Å². The summed E-state index contributed by atoms with van der Waals surface area (Å²) in [4.78, 5) is 12.9. The molecule has 4 heterocycles. The van der Waals surface area contributed by atoms with E-state index < -0.39 is 254 Å². The van der Waals surface area contributed by atoms with Gasteiger partial charge >= 0.3 is 0 Å². The first-order valence-corrected chi connectivity index (χ1v) is 18.2. The summed E-state index contributed by atoms with van der Waals surface area (Å²) >= 11 is 1.25. The Hall–Kier alpha value is -6.99. The second-order valence-corrected chi connectivity index (χ2v) is 14.1. The van der Waals surface area contributed by atoms with E-state index in [1.807, 2.05) is 0 Å². The Kier molecular flexibility index (Phi) is 3.32. The summed E-state index contributed by atoms with van der Waals surface area (Å²) in [6.45, 7) is 0. The Morgan fingerprint density at radius 3 is 1.63 bits per heavy atom. The number of hydrogen-bond donors (Lipinski definition) is 0. The van der Waals surface area contributed by atoms with Gasteiger partial charge in [0.2, 0.25) is 0 Å². The van der Waals surface area contributed by atoms with Crippen molar-refractivity contribution >= 4 is 85.0 Å². The first-order chi connectivity index (χ1) is 40.3. The maximum atomic E-state index is 10.1. The number of para-hydroxylation sites is 1. The lowest BCUT2D eigenvalue weighted by Gasteiger charge is -2.10. The molecule has 0 amide bonds. The van der Waals surface area contributed by atoms with Gasteiger partial charge in [0.25, 0.3) is 0 Å². The zero-order valence-electron chi connectivity index (χ0n) is 57.1. The summed E-state index contributed by atoms with van der Waals surface area (Å²) in [5.41, 5.74) is -5.79. The van der Waals surface area contributed by atoms with Crippen molar-refractivity contribution in [3.05, 3.63) is 175 Å². The lowest BCUT2D eigenvalue weighted by atomic mass is 9.93. The lowest BCUT2D eigenvalue weighted by Crippen LogP contribution is -1.99. The van der Waals surface area contributed by atoms with Crippen molar-refractivity contribution < 1.29 is 44.2 Å². The van der Waals surface area contributed by atoms with E-state index >= 15 is 0 Å². The quantitative estimate of drug-likeness (QED) is 0.174. The molecule has 0 aliphatic carbocycles. The predicted molar refractivity (Wildman–Crippen MR) is 240 cm³/mol. The molecule has 0 fully saturated rings. The van der Waals surface area contributed by atoms with Crippen LogP contribution in [0.4, 0.5) is 0 Å². The van der Waals surface area contributed by atoms with Crippen molar-refractivity contribution in [1.82, 2.24) is 15.0 Å². The van der Waals surface area contributed by atoms with Crippen LogP contribution in [0.5, 0.6) is 0 Å². The van der Waals surface area contributed by atoms with E-state index in [9.17, 15) is 15.1 Å². The number of rotatable bonds is 5. The Balaban J connectivity index is 1.18. The zero-order valence-corrected chi connectivity index (χ0v) is 29.7. The number of hydrogen-bond acceptors (Lipinski definition) is 6. The van der Waals surface area contributed by atoms with Crippen molar-refractivity contribution in [3.63, 3.8) is 0 Å². The Labute approximate surface area is 375 Å². The van der Waals surface area contributed by atoms with E-state index in [0.29, 0.717) is 22.7 Å². The molecule has 6 heteroatoms. The Bertz CT molecular complexity index is 5100. The SMILES string of the molecule is [2H]c1c([2H])c([2H])c(-c2nc(-c3c([2H])c([2H])c([2H])c([2H])c3[2H])nc(-c3c([2H])c([2H])c4c(sc5c([2H])c(-c6c([2H])c(-c7c([2H])c([2H])c8sc9c([2H])c([2H])c([2H])c([2H])c9c8c7[2H])c7c(oc8c([2H])c([2H])c([2H])c([2H])c87)c6[2H])c([2H])c([2H])c54)c3[2H])n2)c([2H])c1[2H]. The van der Waals surface area contributed by atoms with Crippen LogP contribution in [-0.2, 0) is 0 Å². The third-order valence-corrected chi connectivity index (χ3v) is 10.8. The fraction of sp³-hybridized carbons (Fsp3) is 0. The van der Waals surface area contributed by atoms with Crippen LogP contribution in [0.2, 0.25) is 0 Å². The second-order valence-electron chi connectivity index (χ2n) is 12.1. The standard InChI is InChI=1S/C51H29N3OS2/c1-3-11-30(12-4-1)49-52-50(31-13-5-2-6-14-31)54-51(53-49)34-20-23-38-37-22-19-32(28-46(37)57-47(38)29-34)35-26-40(48-39-16-7-9-17-42(39)55-43(48)27-35)33-21-24-45-41(25-33)36-15-8-10-18-44(36)56-45/h1-29H/i1D,2D,3D,4D,5D,6D,7D,8D,9D,10D,11D,12D,13D,14D,15D,16D,17D,18D,19D,20D,21D,22D,23D,24D,25D,26D,27D,28D,29D. The van der Waals surface area contributed by atoms with Crippen molar-refractivity contribution in [2.45, 2.75) is 0 Å². The van der Waals surface area contributed by atoms with Crippen LogP contribution in [-0.4, -0.2) is 15.0 Å². The molecule has 0 atom stereocenters. The highest BCUT2D eigenvalue weighted by Gasteiger charge is 2.18. The van der Waals surface area contributed by atoms with Gasteiger partial charge in [-0.3, -0.25) is 0 Å². The summed E-state index contributed by atoms with van der Waals surface area (Å²) in [5, 5.41) is -2.07. The van der Waals surface area contributed by atoms with Crippen LogP contribution in [0.15, 0.2) is 180 Å². The zero-order chi connectivity index (χ0) is 62.7. The molecular formula is C51H29N3OS2. The van der Waals surface area contributed by atoms with Gasteiger partial charge in [0.05, 0.1) is 39.8 Å². The topological polar surface area (TPSA) is 51.8 Å². The van der Waals surface area contributed by atoms with Gasteiger partial charge in [-0.2, -0.15) is 0 Å². The minimum atomic E-state index is -0.908. The summed E-state index contributed by atoms with van der Waals surface area (Å²) in [5.74, 6) is -2.24. The first kappa shape index (κ1) is 14.8. The summed E-state index contributed by atoms with van der Waals surface area (Å²) in [7, 11) is 0. The average Bonchev–Trinajstić information content (AvgIpc) is 1.48. The fourth-order valence-corrected chi connectivity index (χ4v) is 8.22. The van der Waals surface area contributed by atoms with Gasteiger partial charge in [-0.1, -0.05) is 127 Å². The molecule has 4 aromatic heterocycles. The van der Waals surface area contributed by atoms with Crippen LogP contribution < -0.4 is 0 Å².